The summed E-state index contributed by atoms with van der Waals surface area (Å²) in [6.07, 6.45) is 3.68. The van der Waals surface area contributed by atoms with E-state index in [-0.39, 0.29) is 5.91 Å². The molecule has 0 bridgehead atoms. The van der Waals surface area contributed by atoms with E-state index in [0.717, 1.165) is 11.9 Å². The van der Waals surface area contributed by atoms with Gasteiger partial charge in [0.2, 0.25) is 5.91 Å². The van der Waals surface area contributed by atoms with Crippen LogP contribution in [0.2, 0.25) is 0 Å². The fourth-order valence-electron chi connectivity index (χ4n) is 1.99. The molecular formula is C11H21BrN2O. The summed E-state index contributed by atoms with van der Waals surface area (Å²) in [7, 11) is 0. The minimum absolute atomic E-state index is 0.0942. The number of alkyl halides is 1. The van der Waals surface area contributed by atoms with Crippen LogP contribution < -0.4 is 5.32 Å². The molecule has 1 amide bonds. The van der Waals surface area contributed by atoms with Crippen LogP contribution in [0.15, 0.2) is 0 Å². The Morgan fingerprint density at radius 3 is 2.67 bits per heavy atom. The van der Waals surface area contributed by atoms with Crippen molar-refractivity contribution in [3.63, 3.8) is 0 Å². The first-order valence-electron chi connectivity index (χ1n) is 5.75. The summed E-state index contributed by atoms with van der Waals surface area (Å²) in [5.74, 6) is 0.783. The lowest BCUT2D eigenvalue weighted by Crippen LogP contribution is -2.38. The first kappa shape index (κ1) is 13.0. The summed E-state index contributed by atoms with van der Waals surface area (Å²) in [4.78, 5) is 13.3. The van der Waals surface area contributed by atoms with Gasteiger partial charge in [-0.05, 0) is 44.8 Å². The lowest BCUT2D eigenvalue weighted by Gasteiger charge is -2.31. The molecule has 88 valence electrons. The molecule has 0 aromatic heterocycles. The molecular weight excluding hydrogens is 256 g/mol. The molecule has 0 aliphatic carbocycles. The van der Waals surface area contributed by atoms with Gasteiger partial charge in [0.05, 0.1) is 0 Å². The number of hydrogen-bond donors (Lipinski definition) is 1. The molecule has 0 saturated carbocycles. The first-order chi connectivity index (χ1) is 7.22. The topological polar surface area (TPSA) is 32.3 Å². The number of rotatable bonds is 5. The molecule has 1 aliphatic rings. The number of hydrogen-bond acceptors (Lipinski definition) is 2. The van der Waals surface area contributed by atoms with Gasteiger partial charge in [0.1, 0.15) is 0 Å². The molecule has 1 saturated heterocycles. The molecule has 0 spiro atoms. The highest BCUT2D eigenvalue weighted by Gasteiger charge is 2.18. The van der Waals surface area contributed by atoms with Gasteiger partial charge in [-0.15, -0.1) is 0 Å². The molecule has 1 aliphatic heterocycles. The lowest BCUT2D eigenvalue weighted by molar-refractivity contribution is -0.119. The standard InChI is InChI=1S/C11H21BrN2O/c1-10(15)13-9-11-3-7-14(8-4-11)6-2-5-12/h11H,2-9H2,1H3,(H,13,15). The van der Waals surface area contributed by atoms with Crippen LogP contribution in [-0.2, 0) is 4.79 Å². The van der Waals surface area contributed by atoms with Crippen LogP contribution in [0.5, 0.6) is 0 Å². The van der Waals surface area contributed by atoms with Gasteiger partial charge < -0.3 is 10.2 Å². The van der Waals surface area contributed by atoms with Crippen molar-refractivity contribution < 1.29 is 4.79 Å². The first-order valence-corrected chi connectivity index (χ1v) is 6.87. The molecule has 0 radical (unpaired) electrons. The van der Waals surface area contributed by atoms with Gasteiger partial charge in [-0.2, -0.15) is 0 Å². The number of piperidine rings is 1. The number of likely N-dealkylation sites (tertiary alicyclic amines) is 1. The summed E-state index contributed by atoms with van der Waals surface area (Å²) in [5, 5.41) is 4.00. The third kappa shape index (κ3) is 5.52. The van der Waals surface area contributed by atoms with Gasteiger partial charge in [-0.3, -0.25) is 4.79 Å². The monoisotopic (exact) mass is 276 g/mol. The quantitative estimate of drug-likeness (QED) is 0.774. The molecule has 3 nitrogen and oxygen atoms in total. The van der Waals surface area contributed by atoms with Crippen molar-refractivity contribution in [1.29, 1.82) is 0 Å². The van der Waals surface area contributed by atoms with E-state index in [4.69, 9.17) is 0 Å². The van der Waals surface area contributed by atoms with Crippen LogP contribution in [0.4, 0.5) is 0 Å². The zero-order chi connectivity index (χ0) is 11.1. The number of halogens is 1. The molecule has 0 aromatic rings. The smallest absolute Gasteiger partial charge is 0.216 e. The number of nitrogens with zero attached hydrogens (tertiary/aromatic N) is 1. The zero-order valence-corrected chi connectivity index (χ0v) is 11.1. The second kappa shape index (κ2) is 7.23. The van der Waals surface area contributed by atoms with Gasteiger partial charge in [0.25, 0.3) is 0 Å². The van der Waals surface area contributed by atoms with E-state index in [0.29, 0.717) is 5.92 Å². The minimum atomic E-state index is 0.0942. The van der Waals surface area contributed by atoms with Crippen LogP contribution in [0.1, 0.15) is 26.2 Å². The van der Waals surface area contributed by atoms with Crippen molar-refractivity contribution in [1.82, 2.24) is 10.2 Å². The van der Waals surface area contributed by atoms with Crippen molar-refractivity contribution in [3.8, 4) is 0 Å². The van der Waals surface area contributed by atoms with Crippen molar-refractivity contribution in [2.24, 2.45) is 5.92 Å². The van der Waals surface area contributed by atoms with Crippen LogP contribution >= 0.6 is 15.9 Å². The van der Waals surface area contributed by atoms with Crippen LogP contribution in [0, 0.1) is 5.92 Å². The molecule has 1 rings (SSSR count). The Bertz CT molecular complexity index is 191. The van der Waals surface area contributed by atoms with E-state index in [1.165, 1.54) is 38.9 Å². The molecule has 1 heterocycles. The fourth-order valence-corrected chi connectivity index (χ4v) is 2.24. The Morgan fingerprint density at radius 1 is 1.47 bits per heavy atom. The van der Waals surface area contributed by atoms with E-state index < -0.39 is 0 Å². The Morgan fingerprint density at radius 2 is 2.13 bits per heavy atom. The van der Waals surface area contributed by atoms with Gasteiger partial charge >= 0.3 is 0 Å². The third-order valence-corrected chi connectivity index (χ3v) is 3.52. The summed E-state index contributed by atoms with van der Waals surface area (Å²) >= 11 is 3.45. The van der Waals surface area contributed by atoms with Crippen molar-refractivity contribution in [2.45, 2.75) is 26.2 Å². The second-order valence-electron chi connectivity index (χ2n) is 4.26. The van der Waals surface area contributed by atoms with Gasteiger partial charge in [-0.25, -0.2) is 0 Å². The largest absolute Gasteiger partial charge is 0.356 e. The molecule has 0 atom stereocenters. The second-order valence-corrected chi connectivity index (χ2v) is 5.06. The van der Waals surface area contributed by atoms with E-state index in [2.05, 4.69) is 26.1 Å². The predicted octanol–water partition coefficient (Wildman–Crippen LogP) is 1.62. The van der Waals surface area contributed by atoms with Crippen molar-refractivity contribution in [3.05, 3.63) is 0 Å². The minimum Gasteiger partial charge on any atom is -0.356 e. The molecule has 0 unspecified atom stereocenters. The Kier molecular flexibility index (Phi) is 6.25. The predicted molar refractivity (Wildman–Crippen MR) is 66.3 cm³/mol. The highest BCUT2D eigenvalue weighted by atomic mass is 79.9. The van der Waals surface area contributed by atoms with Gasteiger partial charge in [0, 0.05) is 18.8 Å². The Balaban J connectivity index is 2.09. The van der Waals surface area contributed by atoms with Crippen LogP contribution in [-0.4, -0.2) is 42.3 Å². The van der Waals surface area contributed by atoms with Crippen molar-refractivity contribution in [2.75, 3.05) is 31.5 Å². The van der Waals surface area contributed by atoms with E-state index in [1.807, 2.05) is 0 Å². The number of nitrogens with one attached hydrogen (secondary N) is 1. The molecule has 1 fully saturated rings. The number of amides is 1. The molecule has 0 aromatic carbocycles. The average Bonchev–Trinajstić information content (AvgIpc) is 2.25. The molecule has 1 N–H and O–H groups in total. The average molecular weight is 277 g/mol. The molecule has 4 heteroatoms. The summed E-state index contributed by atoms with van der Waals surface area (Å²) in [5.41, 5.74) is 0. The van der Waals surface area contributed by atoms with E-state index >= 15 is 0 Å². The fraction of sp³-hybridized carbons (Fsp3) is 0.909. The summed E-state index contributed by atoms with van der Waals surface area (Å²) in [6, 6.07) is 0. The SMILES string of the molecule is CC(=O)NCC1CCN(CCCBr)CC1. The normalized spacial score (nSPS) is 19.1. The van der Waals surface area contributed by atoms with E-state index in [1.54, 1.807) is 6.92 Å². The third-order valence-electron chi connectivity index (χ3n) is 2.95. The Labute approximate surface area is 101 Å². The lowest BCUT2D eigenvalue weighted by atomic mass is 9.97. The number of carbonyl (C=O) groups excluding carboxylic acids is 1. The van der Waals surface area contributed by atoms with E-state index in [9.17, 15) is 4.79 Å². The number of carbonyl (C=O) groups is 1. The summed E-state index contributed by atoms with van der Waals surface area (Å²) in [6.45, 7) is 6.04. The van der Waals surface area contributed by atoms with Crippen LogP contribution in [0.3, 0.4) is 0 Å². The Hall–Kier alpha value is -0.0900. The summed E-state index contributed by atoms with van der Waals surface area (Å²) < 4.78 is 0. The van der Waals surface area contributed by atoms with Gasteiger partial charge in [-0.1, -0.05) is 15.9 Å². The maximum Gasteiger partial charge on any atom is 0.216 e. The van der Waals surface area contributed by atoms with Gasteiger partial charge in [0.15, 0.2) is 0 Å². The zero-order valence-electron chi connectivity index (χ0n) is 9.47. The highest BCUT2D eigenvalue weighted by molar-refractivity contribution is 9.09. The maximum atomic E-state index is 10.8. The van der Waals surface area contributed by atoms with Crippen molar-refractivity contribution >= 4 is 21.8 Å². The van der Waals surface area contributed by atoms with Crippen LogP contribution in [0.25, 0.3) is 0 Å². The molecule has 15 heavy (non-hydrogen) atoms. The maximum absolute atomic E-state index is 10.8. The highest BCUT2D eigenvalue weighted by Crippen LogP contribution is 2.16.